The fourth-order valence-corrected chi connectivity index (χ4v) is 3.34. The molecule has 0 atom stereocenters. The van der Waals surface area contributed by atoms with Crippen LogP contribution in [0.3, 0.4) is 0 Å². The third-order valence-corrected chi connectivity index (χ3v) is 4.66. The first-order valence-electron chi connectivity index (χ1n) is 6.23. The van der Waals surface area contributed by atoms with Crippen molar-refractivity contribution in [2.24, 2.45) is 7.05 Å². The summed E-state index contributed by atoms with van der Waals surface area (Å²) in [5.74, 6) is 0.712. The van der Waals surface area contributed by atoms with Gasteiger partial charge < -0.3 is 5.73 Å². The van der Waals surface area contributed by atoms with E-state index >= 15 is 0 Å². The maximum absolute atomic E-state index is 12.7. The van der Waals surface area contributed by atoms with Gasteiger partial charge in [-0.3, -0.25) is 4.68 Å². The van der Waals surface area contributed by atoms with Crippen LogP contribution in [0.15, 0.2) is 6.20 Å². The Labute approximate surface area is 117 Å². The average molecular weight is 302 g/mol. The Morgan fingerprint density at radius 2 is 2.10 bits per heavy atom. The minimum absolute atomic E-state index is 0.301. The summed E-state index contributed by atoms with van der Waals surface area (Å²) in [6, 6.07) is 0. The molecule has 1 aliphatic rings. The largest absolute Gasteiger partial charge is 0.443 e. The van der Waals surface area contributed by atoms with Crippen molar-refractivity contribution >= 4 is 17.2 Å². The second-order valence-corrected chi connectivity index (χ2v) is 5.96. The van der Waals surface area contributed by atoms with E-state index in [4.69, 9.17) is 5.73 Å². The fourth-order valence-electron chi connectivity index (χ4n) is 2.47. The zero-order chi connectivity index (χ0) is 14.5. The molecule has 0 aliphatic heterocycles. The van der Waals surface area contributed by atoms with Crippen molar-refractivity contribution in [3.8, 4) is 10.6 Å². The lowest BCUT2D eigenvalue weighted by Crippen LogP contribution is -2.11. The van der Waals surface area contributed by atoms with Gasteiger partial charge in [-0.1, -0.05) is 6.42 Å². The molecule has 0 amide bonds. The van der Waals surface area contributed by atoms with Gasteiger partial charge in [0, 0.05) is 18.8 Å². The van der Waals surface area contributed by atoms with Gasteiger partial charge in [0.05, 0.1) is 10.6 Å². The number of nitrogens with two attached hydrogens (primary N) is 1. The van der Waals surface area contributed by atoms with Crippen LogP contribution in [0.2, 0.25) is 0 Å². The second-order valence-electron chi connectivity index (χ2n) is 4.93. The molecule has 1 saturated carbocycles. The van der Waals surface area contributed by atoms with Crippen LogP contribution >= 0.6 is 11.3 Å². The van der Waals surface area contributed by atoms with E-state index in [1.165, 1.54) is 6.20 Å². The predicted molar refractivity (Wildman–Crippen MR) is 70.3 cm³/mol. The van der Waals surface area contributed by atoms with Crippen molar-refractivity contribution in [1.29, 1.82) is 0 Å². The van der Waals surface area contributed by atoms with E-state index in [0.29, 0.717) is 33.6 Å². The molecule has 0 aromatic carbocycles. The van der Waals surface area contributed by atoms with Crippen molar-refractivity contribution in [1.82, 2.24) is 14.8 Å². The number of anilines is 1. The highest BCUT2D eigenvalue weighted by Gasteiger charge is 2.36. The number of aromatic nitrogens is 3. The summed E-state index contributed by atoms with van der Waals surface area (Å²) in [5.41, 5.74) is 7.45. The Balaban J connectivity index is 2.07. The lowest BCUT2D eigenvalue weighted by molar-refractivity contribution is -0.137. The Kier molecular flexibility index (Phi) is 3.00. The van der Waals surface area contributed by atoms with Gasteiger partial charge in [-0.25, -0.2) is 4.98 Å². The monoisotopic (exact) mass is 302 g/mol. The van der Waals surface area contributed by atoms with E-state index in [0.717, 1.165) is 24.8 Å². The zero-order valence-electron chi connectivity index (χ0n) is 10.7. The molecule has 2 aromatic heterocycles. The Hall–Kier alpha value is -1.57. The van der Waals surface area contributed by atoms with Gasteiger partial charge in [0.25, 0.3) is 0 Å². The molecule has 8 heteroatoms. The average Bonchev–Trinajstić information content (AvgIpc) is 2.82. The summed E-state index contributed by atoms with van der Waals surface area (Å²) in [7, 11) is 1.70. The highest BCUT2D eigenvalue weighted by Crippen LogP contribution is 2.45. The third-order valence-electron chi connectivity index (χ3n) is 3.61. The topological polar surface area (TPSA) is 56.7 Å². The number of halogens is 3. The van der Waals surface area contributed by atoms with E-state index < -0.39 is 11.2 Å². The zero-order valence-corrected chi connectivity index (χ0v) is 11.6. The van der Waals surface area contributed by atoms with E-state index in [2.05, 4.69) is 10.1 Å². The molecule has 0 unspecified atom stereocenters. The first-order chi connectivity index (χ1) is 9.38. The molecular weight excluding hydrogens is 289 g/mol. The van der Waals surface area contributed by atoms with Crippen molar-refractivity contribution in [2.45, 2.75) is 31.4 Å². The lowest BCUT2D eigenvalue weighted by atomic mass is 9.79. The molecule has 2 aromatic rings. The number of alkyl halides is 3. The molecule has 20 heavy (non-hydrogen) atoms. The number of nitrogens with zero attached hydrogens (tertiary/aromatic N) is 3. The number of nitrogen functional groups attached to an aromatic ring is 1. The maximum atomic E-state index is 12.7. The van der Waals surface area contributed by atoms with E-state index in [1.807, 2.05) is 0 Å². The molecule has 1 fully saturated rings. The standard InChI is InChI=1S/C12H13F3N4S/c1-19-9(7-5-17-11(20-7)12(13,14)15)8(10(16)18-19)6-3-2-4-6/h5-6H,2-4H2,1H3,(H2,16,18). The summed E-state index contributed by atoms with van der Waals surface area (Å²) in [6.07, 6.45) is -0.0214. The molecule has 108 valence electrons. The summed E-state index contributed by atoms with van der Waals surface area (Å²) in [5, 5.41) is 3.31. The van der Waals surface area contributed by atoms with Gasteiger partial charge in [0.1, 0.15) is 5.82 Å². The van der Waals surface area contributed by atoms with Crippen molar-refractivity contribution < 1.29 is 13.2 Å². The molecule has 2 N–H and O–H groups in total. The lowest BCUT2D eigenvalue weighted by Gasteiger charge is -2.25. The van der Waals surface area contributed by atoms with Crippen LogP contribution in [0.25, 0.3) is 10.6 Å². The molecule has 0 spiro atoms. The van der Waals surface area contributed by atoms with Crippen LogP contribution in [0.4, 0.5) is 19.0 Å². The summed E-state index contributed by atoms with van der Waals surface area (Å²) >= 11 is 0.634. The first-order valence-corrected chi connectivity index (χ1v) is 7.05. The summed E-state index contributed by atoms with van der Waals surface area (Å²) in [6.45, 7) is 0. The number of hydrogen-bond acceptors (Lipinski definition) is 4. The van der Waals surface area contributed by atoms with Crippen LogP contribution in [0.1, 0.15) is 35.8 Å². The van der Waals surface area contributed by atoms with E-state index in [1.54, 1.807) is 11.7 Å². The maximum Gasteiger partial charge on any atom is 0.443 e. The minimum atomic E-state index is -4.41. The highest BCUT2D eigenvalue weighted by atomic mass is 32.1. The molecule has 2 heterocycles. The van der Waals surface area contributed by atoms with Gasteiger partial charge in [0.2, 0.25) is 0 Å². The van der Waals surface area contributed by atoms with Crippen LogP contribution in [-0.4, -0.2) is 14.8 Å². The van der Waals surface area contributed by atoms with Crippen LogP contribution < -0.4 is 5.73 Å². The van der Waals surface area contributed by atoms with E-state index in [9.17, 15) is 13.2 Å². The normalized spacial score (nSPS) is 16.4. The molecule has 0 bridgehead atoms. The van der Waals surface area contributed by atoms with Gasteiger partial charge in [-0.05, 0) is 18.8 Å². The molecule has 0 saturated heterocycles. The van der Waals surface area contributed by atoms with Crippen LogP contribution in [-0.2, 0) is 13.2 Å². The molecular formula is C12H13F3N4S. The van der Waals surface area contributed by atoms with Gasteiger partial charge in [0.15, 0.2) is 5.01 Å². The summed E-state index contributed by atoms with van der Waals surface area (Å²) < 4.78 is 39.5. The fraction of sp³-hybridized carbons (Fsp3) is 0.500. The highest BCUT2D eigenvalue weighted by molar-refractivity contribution is 7.15. The van der Waals surface area contributed by atoms with Gasteiger partial charge >= 0.3 is 6.18 Å². The van der Waals surface area contributed by atoms with Gasteiger partial charge in [-0.15, -0.1) is 11.3 Å². The van der Waals surface area contributed by atoms with Crippen molar-refractivity contribution in [3.63, 3.8) is 0 Å². The molecule has 4 nitrogen and oxygen atoms in total. The number of aryl methyl sites for hydroxylation is 1. The van der Waals surface area contributed by atoms with E-state index in [-0.39, 0.29) is 0 Å². The Bertz CT molecular complexity index is 640. The number of thiazole rings is 1. The molecule has 0 radical (unpaired) electrons. The smallest absolute Gasteiger partial charge is 0.382 e. The van der Waals surface area contributed by atoms with Crippen molar-refractivity contribution in [2.75, 3.05) is 5.73 Å². The third kappa shape index (κ3) is 2.07. The number of rotatable bonds is 2. The van der Waals surface area contributed by atoms with Crippen molar-refractivity contribution in [3.05, 3.63) is 16.8 Å². The number of hydrogen-bond donors (Lipinski definition) is 1. The Morgan fingerprint density at radius 3 is 2.60 bits per heavy atom. The minimum Gasteiger partial charge on any atom is -0.382 e. The van der Waals surface area contributed by atoms with Crippen LogP contribution in [0.5, 0.6) is 0 Å². The van der Waals surface area contributed by atoms with Gasteiger partial charge in [-0.2, -0.15) is 18.3 Å². The summed E-state index contributed by atoms with van der Waals surface area (Å²) in [4.78, 5) is 3.93. The first kappa shape index (κ1) is 13.4. The Morgan fingerprint density at radius 1 is 1.40 bits per heavy atom. The second kappa shape index (κ2) is 4.47. The quantitative estimate of drug-likeness (QED) is 0.925. The molecule has 3 rings (SSSR count). The molecule has 1 aliphatic carbocycles. The van der Waals surface area contributed by atoms with Crippen LogP contribution in [0, 0.1) is 0 Å². The predicted octanol–water partition coefficient (Wildman–Crippen LogP) is 3.41. The SMILES string of the molecule is Cn1nc(N)c(C2CCC2)c1-c1cnc(C(F)(F)F)s1.